The van der Waals surface area contributed by atoms with Crippen molar-refractivity contribution < 1.29 is 9.21 Å². The average Bonchev–Trinajstić information content (AvgIpc) is 2.85. The number of carbonyl (C=O) groups is 1. The molecule has 0 N–H and O–H groups in total. The molecule has 1 fully saturated rings. The number of piperazine rings is 1. The van der Waals surface area contributed by atoms with Gasteiger partial charge in [0.1, 0.15) is 11.5 Å². The van der Waals surface area contributed by atoms with Crippen LogP contribution in [0.25, 0.3) is 0 Å². The summed E-state index contributed by atoms with van der Waals surface area (Å²) < 4.78 is 5.51. The van der Waals surface area contributed by atoms with Gasteiger partial charge in [-0.15, -0.1) is 0 Å². The van der Waals surface area contributed by atoms with E-state index in [0.29, 0.717) is 13.1 Å². The summed E-state index contributed by atoms with van der Waals surface area (Å²) in [6, 6.07) is 3.86. The van der Waals surface area contributed by atoms with Crippen LogP contribution in [-0.2, 0) is 11.3 Å². The Morgan fingerprint density at radius 2 is 1.90 bits per heavy atom. The summed E-state index contributed by atoms with van der Waals surface area (Å²) in [4.78, 5) is 18.6. The molecule has 0 atom stereocenters. The first kappa shape index (κ1) is 15.1. The van der Waals surface area contributed by atoms with Gasteiger partial charge in [0, 0.05) is 33.2 Å². The van der Waals surface area contributed by atoms with E-state index in [-0.39, 0.29) is 5.91 Å². The van der Waals surface area contributed by atoms with E-state index in [0.717, 1.165) is 44.2 Å². The number of amides is 1. The fourth-order valence-electron chi connectivity index (χ4n) is 2.47. The maximum absolute atomic E-state index is 12.2. The molecule has 1 aromatic rings. The summed E-state index contributed by atoms with van der Waals surface area (Å²) in [6.45, 7) is 10.3. The third kappa shape index (κ3) is 4.08. The Kier molecular flexibility index (Phi) is 5.20. The van der Waals surface area contributed by atoms with Gasteiger partial charge >= 0.3 is 0 Å². The van der Waals surface area contributed by atoms with E-state index >= 15 is 0 Å². The lowest BCUT2D eigenvalue weighted by Crippen LogP contribution is -2.49. The van der Waals surface area contributed by atoms with E-state index in [1.165, 1.54) is 0 Å². The van der Waals surface area contributed by atoms with Crippen LogP contribution in [0.3, 0.4) is 0 Å². The molecule has 0 radical (unpaired) electrons. The molecule has 0 bridgehead atoms. The Morgan fingerprint density at radius 3 is 2.45 bits per heavy atom. The summed E-state index contributed by atoms with van der Waals surface area (Å²) in [7, 11) is 1.84. The second-order valence-electron chi connectivity index (χ2n) is 5.47. The Balaban J connectivity index is 1.76. The first-order valence-electron chi connectivity index (χ1n) is 7.32. The summed E-state index contributed by atoms with van der Waals surface area (Å²) in [6.07, 6.45) is 0. The minimum absolute atomic E-state index is 0.156. The molecule has 0 saturated carbocycles. The molecule has 2 rings (SSSR count). The highest BCUT2D eigenvalue weighted by atomic mass is 16.3. The van der Waals surface area contributed by atoms with E-state index in [9.17, 15) is 4.79 Å². The summed E-state index contributed by atoms with van der Waals surface area (Å²) in [5.41, 5.74) is 0. The largest absolute Gasteiger partial charge is 0.464 e. The van der Waals surface area contributed by atoms with Gasteiger partial charge in [-0.05, 0) is 25.6 Å². The van der Waals surface area contributed by atoms with Crippen LogP contribution in [0.15, 0.2) is 16.5 Å². The molecule has 2 heterocycles. The minimum atomic E-state index is 0.156. The van der Waals surface area contributed by atoms with Crippen molar-refractivity contribution in [3.05, 3.63) is 23.7 Å². The predicted octanol–water partition coefficient (Wildman–Crippen LogP) is 1.18. The molecule has 5 heteroatoms. The number of nitrogens with zero attached hydrogens (tertiary/aromatic N) is 3. The van der Waals surface area contributed by atoms with E-state index in [2.05, 4.69) is 16.7 Å². The zero-order chi connectivity index (χ0) is 14.5. The van der Waals surface area contributed by atoms with Gasteiger partial charge in [0.05, 0.1) is 13.1 Å². The van der Waals surface area contributed by atoms with E-state index in [1.807, 2.05) is 26.1 Å². The molecule has 0 spiro atoms. The third-order valence-electron chi connectivity index (χ3n) is 3.89. The van der Waals surface area contributed by atoms with Crippen molar-refractivity contribution in [1.29, 1.82) is 0 Å². The molecule has 1 aromatic heterocycles. The number of carbonyl (C=O) groups excluding carboxylic acids is 1. The second kappa shape index (κ2) is 6.90. The van der Waals surface area contributed by atoms with Gasteiger partial charge in [-0.1, -0.05) is 6.92 Å². The van der Waals surface area contributed by atoms with Gasteiger partial charge in [-0.3, -0.25) is 9.69 Å². The normalized spacial score (nSPS) is 17.4. The Labute approximate surface area is 121 Å². The minimum Gasteiger partial charge on any atom is -0.464 e. The molecule has 1 aliphatic rings. The van der Waals surface area contributed by atoms with Crippen molar-refractivity contribution in [2.24, 2.45) is 0 Å². The van der Waals surface area contributed by atoms with Gasteiger partial charge in [-0.2, -0.15) is 0 Å². The fraction of sp³-hybridized carbons (Fsp3) is 0.667. The van der Waals surface area contributed by atoms with Crippen LogP contribution < -0.4 is 0 Å². The number of rotatable bonds is 5. The van der Waals surface area contributed by atoms with Crippen molar-refractivity contribution in [2.45, 2.75) is 20.4 Å². The molecule has 0 aliphatic carbocycles. The summed E-state index contributed by atoms with van der Waals surface area (Å²) >= 11 is 0. The van der Waals surface area contributed by atoms with Crippen molar-refractivity contribution in [2.75, 3.05) is 46.3 Å². The number of hydrogen-bond acceptors (Lipinski definition) is 4. The Morgan fingerprint density at radius 1 is 1.25 bits per heavy atom. The summed E-state index contributed by atoms with van der Waals surface area (Å²) in [5, 5.41) is 0. The molecular formula is C15H25N3O2. The first-order valence-corrected chi connectivity index (χ1v) is 7.32. The van der Waals surface area contributed by atoms with Crippen LogP contribution in [0.4, 0.5) is 0 Å². The number of furan rings is 1. The van der Waals surface area contributed by atoms with Crippen LogP contribution in [0.1, 0.15) is 18.4 Å². The van der Waals surface area contributed by atoms with Crippen LogP contribution in [0, 0.1) is 6.92 Å². The molecule has 0 aromatic carbocycles. The molecule has 1 aliphatic heterocycles. The van der Waals surface area contributed by atoms with Crippen LogP contribution >= 0.6 is 0 Å². The van der Waals surface area contributed by atoms with Gasteiger partial charge < -0.3 is 14.2 Å². The molecule has 0 unspecified atom stereocenters. The standard InChI is InChI=1S/C15H25N3O2/c1-4-17-7-9-18(10-8-17)12-15(19)16(3)11-14-6-5-13(2)20-14/h5-6H,4,7-12H2,1-3H3. The second-order valence-corrected chi connectivity index (χ2v) is 5.47. The molecule has 5 nitrogen and oxygen atoms in total. The number of hydrogen-bond donors (Lipinski definition) is 0. The monoisotopic (exact) mass is 279 g/mol. The summed E-state index contributed by atoms with van der Waals surface area (Å²) in [5.74, 6) is 1.88. The lowest BCUT2D eigenvalue weighted by Gasteiger charge is -2.34. The van der Waals surface area contributed by atoms with Crippen LogP contribution in [0.2, 0.25) is 0 Å². The van der Waals surface area contributed by atoms with Crippen molar-refractivity contribution in [3.8, 4) is 0 Å². The van der Waals surface area contributed by atoms with Gasteiger partial charge in [-0.25, -0.2) is 0 Å². The number of likely N-dealkylation sites (N-methyl/N-ethyl adjacent to an activating group) is 2. The molecule has 1 amide bonds. The average molecular weight is 279 g/mol. The van der Waals surface area contributed by atoms with Gasteiger partial charge in [0.25, 0.3) is 0 Å². The smallest absolute Gasteiger partial charge is 0.236 e. The van der Waals surface area contributed by atoms with Crippen LogP contribution in [-0.4, -0.2) is 66.9 Å². The Hall–Kier alpha value is -1.33. The van der Waals surface area contributed by atoms with Crippen molar-refractivity contribution >= 4 is 5.91 Å². The molecular weight excluding hydrogens is 254 g/mol. The predicted molar refractivity (Wildman–Crippen MR) is 78.5 cm³/mol. The van der Waals surface area contributed by atoms with Crippen molar-refractivity contribution in [1.82, 2.24) is 14.7 Å². The quantitative estimate of drug-likeness (QED) is 0.811. The number of aryl methyl sites for hydroxylation is 1. The van der Waals surface area contributed by atoms with E-state index < -0.39 is 0 Å². The van der Waals surface area contributed by atoms with E-state index in [1.54, 1.807) is 4.90 Å². The maximum Gasteiger partial charge on any atom is 0.236 e. The van der Waals surface area contributed by atoms with E-state index in [4.69, 9.17) is 4.42 Å². The molecule has 1 saturated heterocycles. The highest BCUT2D eigenvalue weighted by Crippen LogP contribution is 2.09. The molecule has 20 heavy (non-hydrogen) atoms. The third-order valence-corrected chi connectivity index (χ3v) is 3.89. The van der Waals surface area contributed by atoms with Gasteiger partial charge in [0.15, 0.2) is 0 Å². The van der Waals surface area contributed by atoms with Gasteiger partial charge in [0.2, 0.25) is 5.91 Å². The fourth-order valence-corrected chi connectivity index (χ4v) is 2.47. The zero-order valence-corrected chi connectivity index (χ0v) is 12.8. The highest BCUT2D eigenvalue weighted by Gasteiger charge is 2.20. The lowest BCUT2D eigenvalue weighted by atomic mass is 10.3. The maximum atomic E-state index is 12.2. The zero-order valence-electron chi connectivity index (χ0n) is 12.8. The SMILES string of the molecule is CCN1CCN(CC(=O)N(C)Cc2ccc(C)o2)CC1. The highest BCUT2D eigenvalue weighted by molar-refractivity contribution is 5.77. The topological polar surface area (TPSA) is 39.9 Å². The first-order chi connectivity index (χ1) is 9.58. The Bertz CT molecular complexity index is 436. The van der Waals surface area contributed by atoms with Crippen molar-refractivity contribution in [3.63, 3.8) is 0 Å². The van der Waals surface area contributed by atoms with Crippen LogP contribution in [0.5, 0.6) is 0 Å². The molecule has 112 valence electrons. The lowest BCUT2D eigenvalue weighted by molar-refractivity contribution is -0.132.